The molecule has 4 aliphatic carbocycles. The largest absolute Gasteiger partial charge is 0.462 e. The maximum Gasteiger partial charge on any atom is 0.331 e. The van der Waals surface area contributed by atoms with Gasteiger partial charge in [-0.2, -0.15) is 0 Å². The van der Waals surface area contributed by atoms with Crippen molar-refractivity contribution in [3.05, 3.63) is 47.5 Å². The molecule has 12 atom stereocenters. The Labute approximate surface area is 349 Å². The molecule has 7 nitrogen and oxygen atoms in total. The van der Waals surface area contributed by atoms with E-state index in [4.69, 9.17) is 9.47 Å². The van der Waals surface area contributed by atoms with Crippen LogP contribution in [0.4, 0.5) is 0 Å². The molecule has 4 saturated carbocycles. The predicted octanol–water partition coefficient (Wildman–Crippen LogP) is 9.83. The van der Waals surface area contributed by atoms with Crippen LogP contribution in [0, 0.1) is 57.2 Å². The Kier molecular flexibility index (Phi) is 13.3. The molecule has 2 aliphatic heterocycles. The lowest BCUT2D eigenvalue weighted by molar-refractivity contribution is -0.338. The minimum absolute atomic E-state index is 0.179. The third kappa shape index (κ3) is 7.98. The number of hydrogen-bond acceptors (Lipinski definition) is 7. The van der Waals surface area contributed by atoms with E-state index in [0.29, 0.717) is 49.4 Å². The van der Waals surface area contributed by atoms with E-state index in [0.717, 1.165) is 56.4 Å². The highest BCUT2D eigenvalue weighted by Crippen LogP contribution is 2.73. The second kappa shape index (κ2) is 17.7. The van der Waals surface area contributed by atoms with Crippen molar-refractivity contribution >= 4 is 11.9 Å². The van der Waals surface area contributed by atoms with Crippen molar-refractivity contribution in [2.45, 2.75) is 193 Å². The highest BCUT2D eigenvalue weighted by Gasteiger charge is 2.78. The molecule has 12 unspecified atom stereocenters. The summed E-state index contributed by atoms with van der Waals surface area (Å²) in [6.45, 7) is 9.08. The topological polar surface area (TPSA) is 113 Å². The summed E-state index contributed by atoms with van der Waals surface area (Å²) in [5, 5.41) is 40.3. The Morgan fingerprint density at radius 3 is 2.52 bits per heavy atom. The van der Waals surface area contributed by atoms with Crippen molar-refractivity contribution in [2.24, 2.45) is 45.3 Å². The van der Waals surface area contributed by atoms with Gasteiger partial charge in [0, 0.05) is 24.8 Å². The van der Waals surface area contributed by atoms with Crippen LogP contribution in [0.5, 0.6) is 0 Å². The van der Waals surface area contributed by atoms with Crippen molar-refractivity contribution < 1.29 is 34.4 Å². The van der Waals surface area contributed by atoms with Gasteiger partial charge in [0.1, 0.15) is 12.7 Å². The molecule has 7 heteroatoms. The van der Waals surface area contributed by atoms with Gasteiger partial charge in [0.25, 0.3) is 0 Å². The van der Waals surface area contributed by atoms with Crippen LogP contribution in [-0.2, 0) is 25.5 Å². The second-order valence-corrected chi connectivity index (χ2v) is 20.6. The Balaban J connectivity index is 1.28. The molecule has 1 spiro atoms. The number of aryl methyl sites for hydroxylation is 1. The number of benzene rings is 1. The Morgan fingerprint density at radius 2 is 1.76 bits per heavy atom. The first-order chi connectivity index (χ1) is 27.8. The Bertz CT molecular complexity index is 1690. The lowest BCUT2D eigenvalue weighted by Crippen LogP contribution is -2.79. The fraction of sp³-hybridized carbons (Fsp3) is 0.765. The lowest BCUT2D eigenvalue weighted by Gasteiger charge is -2.71. The van der Waals surface area contributed by atoms with Gasteiger partial charge in [-0.3, -0.25) is 4.79 Å². The van der Waals surface area contributed by atoms with Gasteiger partial charge in [-0.15, -0.1) is 5.92 Å². The zero-order valence-electron chi connectivity index (χ0n) is 36.2. The van der Waals surface area contributed by atoms with Crippen molar-refractivity contribution in [3.63, 3.8) is 0 Å². The van der Waals surface area contributed by atoms with Crippen LogP contribution in [-0.4, -0.2) is 57.8 Å². The van der Waals surface area contributed by atoms with Crippen molar-refractivity contribution in [1.29, 1.82) is 0 Å². The number of aliphatic hydroxyl groups excluding tert-OH is 2. The zero-order valence-corrected chi connectivity index (χ0v) is 36.2. The fourth-order valence-corrected chi connectivity index (χ4v) is 14.2. The smallest absolute Gasteiger partial charge is 0.331 e. The standard InChI is InChI=1S/C51H74O7/c1-5-6-8-19-39-20-14-28-49(39)30-25-40(33-49)48(4)29-26-43(53)51(42(52)23-22-36(2)15-13-18-37-16-9-7-10-17-37)46(48)41-34-47(3,27-12-11-21-44(54)58-41)50(51,56)31-24-38-32-45(55)57-35-38/h7,9-10,16-17,32,36,39-43,46,52-53,56H,5-6,8,11,13-15,18-26,28-31,33-35H2,1-4H3. The molecule has 0 radical (unpaired) electrons. The minimum Gasteiger partial charge on any atom is -0.462 e. The summed E-state index contributed by atoms with van der Waals surface area (Å²) in [6, 6.07) is 10.6. The van der Waals surface area contributed by atoms with Crippen LogP contribution in [0.25, 0.3) is 0 Å². The highest BCUT2D eigenvalue weighted by atomic mass is 16.5. The molecule has 6 aliphatic rings. The zero-order chi connectivity index (χ0) is 41.2. The normalized spacial score (nSPS) is 39.4. The van der Waals surface area contributed by atoms with Crippen LogP contribution in [0.3, 0.4) is 0 Å². The van der Waals surface area contributed by atoms with E-state index in [1.807, 2.05) is 13.0 Å². The summed E-state index contributed by atoms with van der Waals surface area (Å²) in [7, 11) is 0. The van der Waals surface area contributed by atoms with E-state index in [2.05, 4.69) is 56.9 Å². The van der Waals surface area contributed by atoms with Crippen LogP contribution in [0.1, 0.15) is 168 Å². The van der Waals surface area contributed by atoms with Crippen LogP contribution in [0.2, 0.25) is 0 Å². The molecule has 2 bridgehead atoms. The van der Waals surface area contributed by atoms with Crippen molar-refractivity contribution in [2.75, 3.05) is 6.61 Å². The molecule has 0 amide bonds. The Morgan fingerprint density at radius 1 is 0.948 bits per heavy atom. The number of fused-ring (bicyclic) bond motifs is 4. The number of carbonyl (C=O) groups excluding carboxylic acids is 2. The molecule has 3 N–H and O–H groups in total. The van der Waals surface area contributed by atoms with Crippen LogP contribution in [0.15, 0.2) is 42.0 Å². The lowest BCUT2D eigenvalue weighted by atomic mass is 9.35. The average molecular weight is 799 g/mol. The number of rotatable bonds is 16. The van der Waals surface area contributed by atoms with E-state index in [9.17, 15) is 24.9 Å². The number of cyclic esters (lactones) is 1. The molecule has 0 saturated heterocycles. The monoisotopic (exact) mass is 799 g/mol. The van der Waals surface area contributed by atoms with E-state index >= 15 is 0 Å². The van der Waals surface area contributed by atoms with Crippen LogP contribution < -0.4 is 0 Å². The molecular formula is C51H74O7. The predicted molar refractivity (Wildman–Crippen MR) is 227 cm³/mol. The number of ether oxygens (including phenoxy) is 2. The highest BCUT2D eigenvalue weighted by molar-refractivity contribution is 5.85. The molecule has 1 aromatic rings. The summed E-state index contributed by atoms with van der Waals surface area (Å²) in [4.78, 5) is 26.0. The molecule has 58 heavy (non-hydrogen) atoms. The van der Waals surface area contributed by atoms with E-state index in [-0.39, 0.29) is 31.4 Å². The number of hydrogen-bond donors (Lipinski definition) is 3. The van der Waals surface area contributed by atoms with Crippen molar-refractivity contribution in [1.82, 2.24) is 0 Å². The maximum absolute atomic E-state index is 14.1. The maximum atomic E-state index is 14.1. The van der Waals surface area contributed by atoms with Gasteiger partial charge in [0.15, 0.2) is 0 Å². The van der Waals surface area contributed by atoms with Gasteiger partial charge in [-0.1, -0.05) is 89.1 Å². The molecule has 2 heterocycles. The quantitative estimate of drug-likeness (QED) is 0.0867. The molecule has 1 aromatic carbocycles. The SMILES string of the molecule is CCCCCC1CCCC12CCC(C1(C)CCC(O)C3(C(O)CCC(C)CCCc4ccccc4)C1C1CC(C)(C#CCCC(=O)O1)C3(O)CCC1=CC(=O)OC1)C2. The van der Waals surface area contributed by atoms with E-state index in [1.54, 1.807) is 0 Å². The summed E-state index contributed by atoms with van der Waals surface area (Å²) in [5.74, 6) is 7.00. The van der Waals surface area contributed by atoms with Gasteiger partial charge in [-0.05, 0) is 137 Å². The third-order valence-corrected chi connectivity index (χ3v) is 17.3. The first-order valence-electron chi connectivity index (χ1n) is 23.5. The van der Waals surface area contributed by atoms with Gasteiger partial charge in [0.05, 0.1) is 35.1 Å². The second-order valence-electron chi connectivity index (χ2n) is 20.6. The van der Waals surface area contributed by atoms with Crippen LogP contribution >= 0.6 is 0 Å². The molecule has 0 aromatic heterocycles. The van der Waals surface area contributed by atoms with E-state index < -0.39 is 46.1 Å². The number of carbonyl (C=O) groups is 2. The van der Waals surface area contributed by atoms with Gasteiger partial charge < -0.3 is 24.8 Å². The molecule has 4 fully saturated rings. The van der Waals surface area contributed by atoms with Gasteiger partial charge in [0.2, 0.25) is 0 Å². The number of unbranched alkanes of at least 4 members (excludes halogenated alkanes) is 2. The number of esters is 2. The summed E-state index contributed by atoms with van der Waals surface area (Å²) in [6.07, 6.45) is 18.1. The fourth-order valence-electron chi connectivity index (χ4n) is 14.2. The Hall–Kier alpha value is -2.66. The molecule has 7 rings (SSSR count). The first kappa shape index (κ1) is 43.4. The van der Waals surface area contributed by atoms with Gasteiger partial charge in [-0.25, -0.2) is 4.79 Å². The van der Waals surface area contributed by atoms with Gasteiger partial charge >= 0.3 is 11.9 Å². The summed E-state index contributed by atoms with van der Waals surface area (Å²) >= 11 is 0. The van der Waals surface area contributed by atoms with E-state index in [1.165, 1.54) is 63.0 Å². The summed E-state index contributed by atoms with van der Waals surface area (Å²) in [5.41, 5.74) is -2.16. The van der Waals surface area contributed by atoms with Crippen molar-refractivity contribution in [3.8, 4) is 11.8 Å². The first-order valence-corrected chi connectivity index (χ1v) is 23.5. The molecule has 320 valence electrons. The minimum atomic E-state index is -1.67. The molecular weight excluding hydrogens is 725 g/mol. The average Bonchev–Trinajstić information content (AvgIpc) is 3.96. The third-order valence-electron chi connectivity index (χ3n) is 17.3. The number of aliphatic hydroxyl groups is 3. The summed E-state index contributed by atoms with van der Waals surface area (Å²) < 4.78 is 12.0.